The molecule has 0 aromatic carbocycles. The third kappa shape index (κ3) is 2.56. The summed E-state index contributed by atoms with van der Waals surface area (Å²) in [5.74, 6) is 2.07. The van der Waals surface area contributed by atoms with Crippen molar-refractivity contribution in [2.24, 2.45) is 0 Å². The molecule has 1 aliphatic rings. The maximum absolute atomic E-state index is 8.41. The lowest BCUT2D eigenvalue weighted by atomic mass is 10.1. The maximum Gasteiger partial charge on any atom is 0.226 e. The molecule has 1 aromatic heterocycles. The molecule has 4 heteroatoms. The van der Waals surface area contributed by atoms with Crippen molar-refractivity contribution in [2.75, 3.05) is 0 Å². The lowest BCUT2D eigenvalue weighted by Gasteiger charge is -1.99. The van der Waals surface area contributed by atoms with Crippen molar-refractivity contribution >= 4 is 0 Å². The van der Waals surface area contributed by atoms with Crippen molar-refractivity contribution in [1.29, 1.82) is 5.26 Å². The second-order valence-corrected chi connectivity index (χ2v) is 4.04. The summed E-state index contributed by atoms with van der Waals surface area (Å²) >= 11 is 0. The zero-order chi connectivity index (χ0) is 10.5. The van der Waals surface area contributed by atoms with Crippen molar-refractivity contribution in [3.8, 4) is 6.07 Å². The highest BCUT2D eigenvalue weighted by molar-refractivity contribution is 4.98. The Balaban J connectivity index is 1.89. The van der Waals surface area contributed by atoms with Gasteiger partial charge in [0.1, 0.15) is 0 Å². The Labute approximate surface area is 89.3 Å². The lowest BCUT2D eigenvalue weighted by molar-refractivity contribution is 0.367. The summed E-state index contributed by atoms with van der Waals surface area (Å²) < 4.78 is 5.15. The average molecular weight is 205 g/mol. The van der Waals surface area contributed by atoms with E-state index in [1.54, 1.807) is 0 Å². The highest BCUT2D eigenvalue weighted by Gasteiger charge is 2.21. The van der Waals surface area contributed by atoms with Gasteiger partial charge in [0.2, 0.25) is 5.89 Å². The predicted molar refractivity (Wildman–Crippen MR) is 54.1 cm³/mol. The monoisotopic (exact) mass is 205 g/mol. The quantitative estimate of drug-likeness (QED) is 0.709. The second-order valence-electron chi connectivity index (χ2n) is 4.04. The van der Waals surface area contributed by atoms with Gasteiger partial charge in [-0.1, -0.05) is 18.0 Å². The van der Waals surface area contributed by atoms with Crippen LogP contribution in [0.4, 0.5) is 0 Å². The molecular formula is C11H15N3O. The first-order valence-corrected chi connectivity index (χ1v) is 5.59. The first kappa shape index (κ1) is 10.2. The summed E-state index contributed by atoms with van der Waals surface area (Å²) in [4.78, 5) is 4.38. The topological polar surface area (TPSA) is 62.7 Å². The van der Waals surface area contributed by atoms with Crippen LogP contribution in [0.25, 0.3) is 0 Å². The number of unbranched alkanes of at least 4 members (excludes halogenated alkanes) is 1. The van der Waals surface area contributed by atoms with Crippen molar-refractivity contribution in [2.45, 2.75) is 50.9 Å². The summed E-state index contributed by atoms with van der Waals surface area (Å²) in [5, 5.41) is 12.4. The molecule has 1 saturated carbocycles. The van der Waals surface area contributed by atoms with E-state index in [0.717, 1.165) is 18.7 Å². The van der Waals surface area contributed by atoms with E-state index >= 15 is 0 Å². The highest BCUT2D eigenvalue weighted by atomic mass is 16.5. The molecule has 80 valence electrons. The minimum Gasteiger partial charge on any atom is -0.339 e. The van der Waals surface area contributed by atoms with Crippen molar-refractivity contribution in [1.82, 2.24) is 10.1 Å². The Hall–Kier alpha value is -1.37. The van der Waals surface area contributed by atoms with Gasteiger partial charge in [-0.3, -0.25) is 0 Å². The second kappa shape index (κ2) is 4.92. The Bertz CT molecular complexity index is 347. The van der Waals surface area contributed by atoms with E-state index in [2.05, 4.69) is 16.2 Å². The molecule has 2 rings (SSSR count). The van der Waals surface area contributed by atoms with Gasteiger partial charge < -0.3 is 4.52 Å². The van der Waals surface area contributed by atoms with Crippen LogP contribution in [0.3, 0.4) is 0 Å². The summed E-state index contributed by atoms with van der Waals surface area (Å²) in [5.41, 5.74) is 0. The maximum atomic E-state index is 8.41. The van der Waals surface area contributed by atoms with Crippen LogP contribution in [0.5, 0.6) is 0 Å². The van der Waals surface area contributed by atoms with E-state index < -0.39 is 0 Å². The number of nitriles is 1. The molecule has 1 heterocycles. The van der Waals surface area contributed by atoms with E-state index in [9.17, 15) is 0 Å². The molecule has 0 bridgehead atoms. The molecule has 4 nitrogen and oxygen atoms in total. The zero-order valence-electron chi connectivity index (χ0n) is 8.78. The fourth-order valence-corrected chi connectivity index (χ4v) is 2.04. The van der Waals surface area contributed by atoms with E-state index in [1.807, 2.05) is 0 Å². The van der Waals surface area contributed by atoms with Gasteiger partial charge in [-0.2, -0.15) is 10.2 Å². The smallest absolute Gasteiger partial charge is 0.226 e. The molecule has 15 heavy (non-hydrogen) atoms. The molecule has 1 fully saturated rings. The first-order valence-electron chi connectivity index (χ1n) is 5.59. The van der Waals surface area contributed by atoms with Gasteiger partial charge >= 0.3 is 0 Å². The minimum atomic E-state index is 0.512. The van der Waals surface area contributed by atoms with E-state index in [4.69, 9.17) is 9.78 Å². The van der Waals surface area contributed by atoms with E-state index in [1.165, 1.54) is 25.7 Å². The molecule has 0 amide bonds. The summed E-state index contributed by atoms with van der Waals surface area (Å²) in [6.45, 7) is 0. The van der Waals surface area contributed by atoms with Gasteiger partial charge in [0, 0.05) is 18.8 Å². The van der Waals surface area contributed by atoms with E-state index in [-0.39, 0.29) is 0 Å². The highest BCUT2D eigenvalue weighted by Crippen LogP contribution is 2.32. The number of hydrogen-bond acceptors (Lipinski definition) is 4. The van der Waals surface area contributed by atoms with Crippen LogP contribution in [-0.2, 0) is 6.42 Å². The predicted octanol–water partition coefficient (Wildman–Crippen LogP) is 2.57. The Morgan fingerprint density at radius 3 is 2.93 bits per heavy atom. The third-order valence-electron chi connectivity index (χ3n) is 2.88. The van der Waals surface area contributed by atoms with Crippen LogP contribution < -0.4 is 0 Å². The molecule has 0 saturated heterocycles. The summed E-state index contributed by atoms with van der Waals surface area (Å²) in [6, 6.07) is 2.11. The average Bonchev–Trinajstić information content (AvgIpc) is 2.87. The van der Waals surface area contributed by atoms with Crippen LogP contribution in [0.1, 0.15) is 56.2 Å². The van der Waals surface area contributed by atoms with Gasteiger partial charge in [-0.15, -0.1) is 0 Å². The van der Waals surface area contributed by atoms with E-state index in [0.29, 0.717) is 18.2 Å². The molecular weight excluding hydrogens is 190 g/mol. The number of aryl methyl sites for hydroxylation is 1. The van der Waals surface area contributed by atoms with Crippen LogP contribution in [0.2, 0.25) is 0 Å². The number of nitrogens with zero attached hydrogens (tertiary/aromatic N) is 3. The zero-order valence-corrected chi connectivity index (χ0v) is 8.78. The molecule has 0 radical (unpaired) electrons. The van der Waals surface area contributed by atoms with Crippen LogP contribution in [-0.4, -0.2) is 10.1 Å². The third-order valence-corrected chi connectivity index (χ3v) is 2.88. The summed E-state index contributed by atoms with van der Waals surface area (Å²) in [7, 11) is 0. The Kier molecular flexibility index (Phi) is 3.33. The van der Waals surface area contributed by atoms with Gasteiger partial charge in [-0.25, -0.2) is 0 Å². The lowest BCUT2D eigenvalue weighted by Crippen LogP contribution is -1.95. The molecule has 0 unspecified atom stereocenters. The molecule has 0 atom stereocenters. The first-order chi connectivity index (χ1) is 7.40. The Morgan fingerprint density at radius 2 is 2.20 bits per heavy atom. The van der Waals surface area contributed by atoms with Crippen molar-refractivity contribution in [3.05, 3.63) is 11.7 Å². The summed E-state index contributed by atoms with van der Waals surface area (Å²) in [6.07, 6.45) is 7.04. The van der Waals surface area contributed by atoms with Gasteiger partial charge in [0.25, 0.3) is 0 Å². The Morgan fingerprint density at radius 1 is 1.40 bits per heavy atom. The van der Waals surface area contributed by atoms with Crippen LogP contribution in [0, 0.1) is 11.3 Å². The van der Waals surface area contributed by atoms with Gasteiger partial charge in [0.15, 0.2) is 5.82 Å². The molecule has 1 aromatic rings. The van der Waals surface area contributed by atoms with Crippen LogP contribution >= 0.6 is 0 Å². The minimum absolute atomic E-state index is 0.512. The fraction of sp³-hybridized carbons (Fsp3) is 0.727. The molecule has 0 N–H and O–H groups in total. The van der Waals surface area contributed by atoms with Gasteiger partial charge in [-0.05, 0) is 19.3 Å². The standard InChI is InChI=1S/C11H15N3O/c12-8-4-3-7-10-13-11(14-15-10)9-5-1-2-6-9/h9H,1-7H2. The fourth-order valence-electron chi connectivity index (χ4n) is 2.04. The normalized spacial score (nSPS) is 16.7. The van der Waals surface area contributed by atoms with Crippen molar-refractivity contribution in [3.63, 3.8) is 0 Å². The number of hydrogen-bond donors (Lipinski definition) is 0. The molecule has 1 aliphatic carbocycles. The number of rotatable bonds is 4. The largest absolute Gasteiger partial charge is 0.339 e. The SMILES string of the molecule is N#CCCCc1nc(C2CCCC2)no1. The molecule has 0 spiro atoms. The molecule has 0 aliphatic heterocycles. The van der Waals surface area contributed by atoms with Crippen molar-refractivity contribution < 1.29 is 4.52 Å². The van der Waals surface area contributed by atoms with Gasteiger partial charge in [0.05, 0.1) is 6.07 Å². The number of aromatic nitrogens is 2. The van der Waals surface area contributed by atoms with Crippen LogP contribution in [0.15, 0.2) is 4.52 Å².